The van der Waals surface area contributed by atoms with Gasteiger partial charge in [-0.15, -0.1) is 0 Å². The van der Waals surface area contributed by atoms with Crippen LogP contribution in [0.3, 0.4) is 0 Å². The Hall–Kier alpha value is -2.67. The molecule has 5 nitrogen and oxygen atoms in total. The number of nitrogens with zero attached hydrogens (tertiary/aromatic N) is 1. The van der Waals surface area contributed by atoms with Crippen molar-refractivity contribution in [2.24, 2.45) is 11.8 Å². The zero-order valence-corrected chi connectivity index (χ0v) is 16.7. The highest BCUT2D eigenvalue weighted by atomic mass is 35.5. The minimum Gasteiger partial charge on any atom is -0.326 e. The van der Waals surface area contributed by atoms with E-state index < -0.39 is 11.6 Å². The molecule has 0 aliphatic carbocycles. The summed E-state index contributed by atoms with van der Waals surface area (Å²) in [7, 11) is 0. The van der Waals surface area contributed by atoms with Crippen LogP contribution in [0.4, 0.5) is 25.0 Å². The molecule has 0 unspecified atom stereocenters. The SMILES string of the molecule is C[C@@H](C(=O)Nc1ccc(F)c(F)c1)C1CCN(C(=O)Nc2ccc(Cl)cc2)CC1. The third kappa shape index (κ3) is 5.44. The molecule has 29 heavy (non-hydrogen) atoms. The minimum absolute atomic E-state index is 0.0971. The number of rotatable bonds is 4. The summed E-state index contributed by atoms with van der Waals surface area (Å²) in [5.41, 5.74) is 0.890. The summed E-state index contributed by atoms with van der Waals surface area (Å²) in [4.78, 5) is 26.6. The molecule has 1 saturated heterocycles. The van der Waals surface area contributed by atoms with E-state index in [-0.39, 0.29) is 29.5 Å². The van der Waals surface area contributed by atoms with Crippen LogP contribution in [0.5, 0.6) is 0 Å². The zero-order valence-electron chi connectivity index (χ0n) is 15.9. The molecule has 1 fully saturated rings. The third-order valence-corrected chi connectivity index (χ3v) is 5.48. The molecule has 2 aromatic carbocycles. The van der Waals surface area contributed by atoms with Gasteiger partial charge in [0, 0.05) is 41.5 Å². The third-order valence-electron chi connectivity index (χ3n) is 5.23. The summed E-state index contributed by atoms with van der Waals surface area (Å²) >= 11 is 5.84. The Balaban J connectivity index is 1.49. The van der Waals surface area contributed by atoms with Gasteiger partial charge in [-0.05, 0) is 55.2 Å². The van der Waals surface area contributed by atoms with Gasteiger partial charge < -0.3 is 15.5 Å². The first-order valence-electron chi connectivity index (χ1n) is 9.41. The molecule has 1 heterocycles. The van der Waals surface area contributed by atoms with Crippen molar-refractivity contribution in [2.45, 2.75) is 19.8 Å². The maximum Gasteiger partial charge on any atom is 0.321 e. The summed E-state index contributed by atoms with van der Waals surface area (Å²) in [6.45, 7) is 2.88. The number of halogens is 3. The standard InChI is InChI=1S/C21H22ClF2N3O2/c1-13(20(28)25-17-6-7-18(23)19(24)12-17)14-8-10-27(11-9-14)21(29)26-16-4-2-15(22)3-5-16/h2-7,12-14H,8-11H2,1H3,(H,25,28)(H,26,29)/t13-/m1/s1. The molecule has 3 rings (SSSR count). The number of carbonyl (C=O) groups excluding carboxylic acids is 2. The van der Waals surface area contributed by atoms with E-state index in [0.717, 1.165) is 12.1 Å². The van der Waals surface area contributed by atoms with Crippen molar-refractivity contribution < 1.29 is 18.4 Å². The highest BCUT2D eigenvalue weighted by Crippen LogP contribution is 2.27. The summed E-state index contributed by atoms with van der Waals surface area (Å²) in [6.07, 6.45) is 1.36. The fourth-order valence-corrected chi connectivity index (χ4v) is 3.51. The number of likely N-dealkylation sites (tertiary alicyclic amines) is 1. The van der Waals surface area contributed by atoms with Crippen molar-refractivity contribution >= 4 is 34.9 Å². The maximum atomic E-state index is 13.3. The van der Waals surface area contributed by atoms with Crippen LogP contribution in [-0.4, -0.2) is 29.9 Å². The van der Waals surface area contributed by atoms with Crippen molar-refractivity contribution in [3.63, 3.8) is 0 Å². The smallest absolute Gasteiger partial charge is 0.321 e. The number of amides is 3. The second kappa shape index (κ2) is 9.22. The molecule has 1 aliphatic rings. The van der Waals surface area contributed by atoms with Gasteiger partial charge in [0.2, 0.25) is 5.91 Å². The number of hydrogen-bond acceptors (Lipinski definition) is 2. The lowest BCUT2D eigenvalue weighted by Crippen LogP contribution is -2.43. The zero-order chi connectivity index (χ0) is 21.0. The van der Waals surface area contributed by atoms with Gasteiger partial charge in [-0.25, -0.2) is 13.6 Å². The van der Waals surface area contributed by atoms with E-state index in [4.69, 9.17) is 11.6 Å². The fraction of sp³-hybridized carbons (Fsp3) is 0.333. The Labute approximate surface area is 173 Å². The first kappa shape index (κ1) is 21.0. The predicted molar refractivity (Wildman–Crippen MR) is 109 cm³/mol. The first-order valence-corrected chi connectivity index (χ1v) is 9.78. The van der Waals surface area contributed by atoms with Gasteiger partial charge in [0.1, 0.15) is 0 Å². The molecule has 0 spiro atoms. The van der Waals surface area contributed by atoms with Gasteiger partial charge in [-0.3, -0.25) is 4.79 Å². The topological polar surface area (TPSA) is 61.4 Å². The molecule has 1 atom stereocenters. The van der Waals surface area contributed by atoms with Gasteiger partial charge >= 0.3 is 6.03 Å². The number of benzene rings is 2. The molecular formula is C21H22ClF2N3O2. The van der Waals surface area contributed by atoms with Gasteiger partial charge in [0.25, 0.3) is 0 Å². The van der Waals surface area contributed by atoms with E-state index >= 15 is 0 Å². The summed E-state index contributed by atoms with van der Waals surface area (Å²) in [6, 6.07) is 9.96. The average molecular weight is 422 g/mol. The molecule has 154 valence electrons. The summed E-state index contributed by atoms with van der Waals surface area (Å²) in [5, 5.41) is 6.06. The number of piperidine rings is 1. The van der Waals surface area contributed by atoms with Crippen LogP contribution in [-0.2, 0) is 4.79 Å². The van der Waals surface area contributed by atoms with Gasteiger partial charge in [-0.2, -0.15) is 0 Å². The Morgan fingerprint density at radius 1 is 1.00 bits per heavy atom. The molecule has 0 radical (unpaired) electrons. The average Bonchev–Trinajstić information content (AvgIpc) is 2.72. The van der Waals surface area contributed by atoms with E-state index in [1.54, 1.807) is 29.2 Å². The highest BCUT2D eigenvalue weighted by Gasteiger charge is 2.30. The van der Waals surface area contributed by atoms with Crippen molar-refractivity contribution in [1.82, 2.24) is 4.90 Å². The Kier molecular flexibility index (Phi) is 6.69. The monoisotopic (exact) mass is 421 g/mol. The maximum absolute atomic E-state index is 13.3. The molecular weight excluding hydrogens is 400 g/mol. The first-order chi connectivity index (χ1) is 13.8. The largest absolute Gasteiger partial charge is 0.326 e. The van der Waals surface area contributed by atoms with E-state index in [9.17, 15) is 18.4 Å². The lowest BCUT2D eigenvalue weighted by Gasteiger charge is -2.34. The van der Waals surface area contributed by atoms with E-state index in [1.807, 2.05) is 6.92 Å². The van der Waals surface area contributed by atoms with Crippen LogP contribution in [0.2, 0.25) is 5.02 Å². The highest BCUT2D eigenvalue weighted by molar-refractivity contribution is 6.30. The Morgan fingerprint density at radius 3 is 2.24 bits per heavy atom. The second-order valence-electron chi connectivity index (χ2n) is 7.17. The van der Waals surface area contributed by atoms with Crippen LogP contribution in [0.1, 0.15) is 19.8 Å². The molecule has 0 saturated carbocycles. The van der Waals surface area contributed by atoms with E-state index in [0.29, 0.717) is 36.6 Å². The van der Waals surface area contributed by atoms with Crippen molar-refractivity contribution in [2.75, 3.05) is 23.7 Å². The van der Waals surface area contributed by atoms with Crippen LogP contribution >= 0.6 is 11.6 Å². The minimum atomic E-state index is -1.00. The number of hydrogen-bond donors (Lipinski definition) is 2. The van der Waals surface area contributed by atoms with Crippen molar-refractivity contribution in [3.05, 3.63) is 59.1 Å². The Morgan fingerprint density at radius 2 is 1.62 bits per heavy atom. The van der Waals surface area contributed by atoms with Gasteiger partial charge in [-0.1, -0.05) is 18.5 Å². The van der Waals surface area contributed by atoms with E-state index in [2.05, 4.69) is 10.6 Å². The number of urea groups is 1. The van der Waals surface area contributed by atoms with Crippen LogP contribution in [0.15, 0.2) is 42.5 Å². The van der Waals surface area contributed by atoms with Gasteiger partial charge in [0.15, 0.2) is 11.6 Å². The lowest BCUT2D eigenvalue weighted by molar-refractivity contribution is -0.121. The van der Waals surface area contributed by atoms with Gasteiger partial charge in [0.05, 0.1) is 0 Å². The molecule has 0 aromatic heterocycles. The molecule has 2 N–H and O–H groups in total. The lowest BCUT2D eigenvalue weighted by atomic mass is 9.85. The molecule has 1 aliphatic heterocycles. The molecule has 2 aromatic rings. The fourth-order valence-electron chi connectivity index (χ4n) is 3.38. The number of nitrogens with one attached hydrogen (secondary N) is 2. The van der Waals surface area contributed by atoms with Crippen LogP contribution < -0.4 is 10.6 Å². The number of carbonyl (C=O) groups is 2. The molecule has 8 heteroatoms. The van der Waals surface area contributed by atoms with Crippen LogP contribution in [0.25, 0.3) is 0 Å². The molecule has 0 bridgehead atoms. The normalized spacial score (nSPS) is 15.7. The molecule has 3 amide bonds. The predicted octanol–water partition coefficient (Wildman–Crippen LogP) is 5.14. The van der Waals surface area contributed by atoms with Crippen molar-refractivity contribution in [1.29, 1.82) is 0 Å². The number of anilines is 2. The summed E-state index contributed by atoms with van der Waals surface area (Å²) < 4.78 is 26.3. The summed E-state index contributed by atoms with van der Waals surface area (Å²) in [5.74, 6) is -2.43. The quantitative estimate of drug-likeness (QED) is 0.718. The van der Waals surface area contributed by atoms with Crippen LogP contribution in [0, 0.1) is 23.5 Å². The van der Waals surface area contributed by atoms with Crippen molar-refractivity contribution in [3.8, 4) is 0 Å². The van der Waals surface area contributed by atoms with E-state index in [1.165, 1.54) is 6.07 Å². The second-order valence-corrected chi connectivity index (χ2v) is 7.60. The Bertz CT molecular complexity index is 884.